The molecule has 0 saturated carbocycles. The quantitative estimate of drug-likeness (QED) is 0.547. The van der Waals surface area contributed by atoms with E-state index in [-0.39, 0.29) is 24.5 Å². The van der Waals surface area contributed by atoms with E-state index in [4.69, 9.17) is 0 Å². The number of aliphatic hydroxyl groups is 2. The first-order valence-corrected chi connectivity index (χ1v) is 10.6. The van der Waals surface area contributed by atoms with Crippen molar-refractivity contribution in [3.05, 3.63) is 34.9 Å². The van der Waals surface area contributed by atoms with Crippen LogP contribution in [0.15, 0.2) is 18.2 Å². The summed E-state index contributed by atoms with van der Waals surface area (Å²) in [6.45, 7) is 9.18. The highest BCUT2D eigenvalue weighted by Crippen LogP contribution is 2.14. The number of rotatable bonds is 10. The van der Waals surface area contributed by atoms with Gasteiger partial charge in [-0.3, -0.25) is 14.5 Å². The number of β-amino-alcohol motifs (C(OH)–C–C–N with tert-alkyl or cyclic N) is 2. The van der Waals surface area contributed by atoms with Crippen LogP contribution in [0.5, 0.6) is 0 Å². The van der Waals surface area contributed by atoms with E-state index in [1.165, 1.54) is 0 Å². The first-order chi connectivity index (χ1) is 13.8. The molecular weight excluding hydrogens is 370 g/mol. The van der Waals surface area contributed by atoms with E-state index in [0.717, 1.165) is 24.9 Å². The summed E-state index contributed by atoms with van der Waals surface area (Å²) in [5.41, 5.74) is 1.79. The van der Waals surface area contributed by atoms with Crippen LogP contribution < -0.4 is 5.32 Å². The number of benzene rings is 1. The third-order valence-corrected chi connectivity index (χ3v) is 5.08. The van der Waals surface area contributed by atoms with Crippen molar-refractivity contribution in [1.82, 2.24) is 15.1 Å². The van der Waals surface area contributed by atoms with Gasteiger partial charge in [0.15, 0.2) is 0 Å². The van der Waals surface area contributed by atoms with Crippen LogP contribution in [0.25, 0.3) is 0 Å². The minimum Gasteiger partial charge on any atom is -0.392 e. The van der Waals surface area contributed by atoms with Crippen LogP contribution in [0, 0.1) is 6.92 Å². The molecule has 0 bridgehead atoms. The number of hydrogen-bond donors (Lipinski definition) is 3. The molecule has 2 rings (SSSR count). The van der Waals surface area contributed by atoms with E-state index in [2.05, 4.69) is 5.32 Å². The molecule has 1 aliphatic rings. The summed E-state index contributed by atoms with van der Waals surface area (Å²) < 4.78 is 0. The average molecular weight is 406 g/mol. The molecule has 29 heavy (non-hydrogen) atoms. The molecule has 1 heterocycles. The SMILES string of the molecule is CCCN(CCC)C(=O)c1cc(C)cc(C(=O)NCC(O)CN2CCC(O)C2)c1. The van der Waals surface area contributed by atoms with Gasteiger partial charge < -0.3 is 20.4 Å². The normalized spacial score (nSPS) is 17.9. The van der Waals surface area contributed by atoms with Crippen LogP contribution in [0.1, 0.15) is 59.4 Å². The van der Waals surface area contributed by atoms with Gasteiger partial charge in [0.05, 0.1) is 12.2 Å². The fraction of sp³-hybridized carbons (Fsp3) is 0.636. The molecule has 7 nitrogen and oxygen atoms in total. The lowest BCUT2D eigenvalue weighted by Gasteiger charge is -2.22. The van der Waals surface area contributed by atoms with E-state index >= 15 is 0 Å². The zero-order valence-electron chi connectivity index (χ0n) is 17.9. The summed E-state index contributed by atoms with van der Waals surface area (Å²) >= 11 is 0. The Morgan fingerprint density at radius 2 is 1.86 bits per heavy atom. The lowest BCUT2D eigenvalue weighted by Crippen LogP contribution is -2.39. The fourth-order valence-corrected chi connectivity index (χ4v) is 3.73. The lowest BCUT2D eigenvalue weighted by atomic mass is 10.0. The van der Waals surface area contributed by atoms with Gasteiger partial charge in [-0.15, -0.1) is 0 Å². The van der Waals surface area contributed by atoms with Gasteiger partial charge in [-0.05, 0) is 49.9 Å². The van der Waals surface area contributed by atoms with E-state index in [0.29, 0.717) is 43.7 Å². The number of likely N-dealkylation sites (tertiary alicyclic amines) is 1. The van der Waals surface area contributed by atoms with Crippen molar-refractivity contribution in [2.45, 2.75) is 52.2 Å². The van der Waals surface area contributed by atoms with Crippen LogP contribution in [0.4, 0.5) is 0 Å². The molecule has 162 valence electrons. The molecule has 2 atom stereocenters. The minimum absolute atomic E-state index is 0.0564. The molecule has 0 aromatic heterocycles. The van der Waals surface area contributed by atoms with Crippen molar-refractivity contribution in [3.8, 4) is 0 Å². The van der Waals surface area contributed by atoms with Crippen molar-refractivity contribution < 1.29 is 19.8 Å². The van der Waals surface area contributed by atoms with Crippen molar-refractivity contribution >= 4 is 11.8 Å². The van der Waals surface area contributed by atoms with Crippen LogP contribution >= 0.6 is 0 Å². The van der Waals surface area contributed by atoms with Gasteiger partial charge in [0.1, 0.15) is 0 Å². The first kappa shape index (κ1) is 23.3. The molecule has 1 fully saturated rings. The molecule has 1 aromatic carbocycles. The number of hydrogen-bond acceptors (Lipinski definition) is 5. The maximum atomic E-state index is 12.9. The third-order valence-electron chi connectivity index (χ3n) is 5.08. The Bertz CT molecular complexity index is 689. The lowest BCUT2D eigenvalue weighted by molar-refractivity contribution is 0.0755. The predicted molar refractivity (Wildman–Crippen MR) is 113 cm³/mol. The minimum atomic E-state index is -0.709. The summed E-state index contributed by atoms with van der Waals surface area (Å²) in [6.07, 6.45) is 1.44. The maximum Gasteiger partial charge on any atom is 0.253 e. The summed E-state index contributed by atoms with van der Waals surface area (Å²) in [5.74, 6) is -0.361. The summed E-state index contributed by atoms with van der Waals surface area (Å²) in [6, 6.07) is 5.19. The van der Waals surface area contributed by atoms with Crippen molar-refractivity contribution in [2.24, 2.45) is 0 Å². The van der Waals surface area contributed by atoms with Crippen molar-refractivity contribution in [1.29, 1.82) is 0 Å². The Labute approximate surface area is 173 Å². The monoisotopic (exact) mass is 405 g/mol. The zero-order chi connectivity index (χ0) is 21.4. The number of amides is 2. The van der Waals surface area contributed by atoms with Crippen LogP contribution in [-0.4, -0.2) is 83.3 Å². The smallest absolute Gasteiger partial charge is 0.253 e. The molecule has 7 heteroatoms. The van der Waals surface area contributed by atoms with Gasteiger partial charge in [-0.25, -0.2) is 0 Å². The van der Waals surface area contributed by atoms with E-state index in [9.17, 15) is 19.8 Å². The van der Waals surface area contributed by atoms with Gasteiger partial charge in [-0.2, -0.15) is 0 Å². The van der Waals surface area contributed by atoms with Gasteiger partial charge >= 0.3 is 0 Å². The number of nitrogens with one attached hydrogen (secondary N) is 1. The van der Waals surface area contributed by atoms with Crippen LogP contribution in [0.2, 0.25) is 0 Å². The largest absolute Gasteiger partial charge is 0.392 e. The molecule has 1 aliphatic heterocycles. The standard InChI is InChI=1S/C22H35N3O4/c1-4-7-25(8-5-2)22(29)18-11-16(3)10-17(12-18)21(28)23-13-20(27)15-24-9-6-19(26)14-24/h10-12,19-20,26-27H,4-9,13-15H2,1-3H3,(H,23,28). The van der Waals surface area contributed by atoms with E-state index in [1.54, 1.807) is 12.1 Å². The van der Waals surface area contributed by atoms with E-state index < -0.39 is 6.10 Å². The molecule has 0 spiro atoms. The number of carbonyl (C=O) groups is 2. The highest BCUT2D eigenvalue weighted by atomic mass is 16.3. The molecular formula is C22H35N3O4. The Kier molecular flexibility index (Phi) is 9.07. The fourth-order valence-electron chi connectivity index (χ4n) is 3.73. The van der Waals surface area contributed by atoms with Crippen molar-refractivity contribution in [3.63, 3.8) is 0 Å². The summed E-state index contributed by atoms with van der Waals surface area (Å²) in [7, 11) is 0. The highest BCUT2D eigenvalue weighted by Gasteiger charge is 2.23. The Morgan fingerprint density at radius 3 is 2.45 bits per heavy atom. The topological polar surface area (TPSA) is 93.1 Å². The Balaban J connectivity index is 1.98. The second-order valence-electron chi connectivity index (χ2n) is 7.95. The molecule has 1 saturated heterocycles. The molecule has 3 N–H and O–H groups in total. The second-order valence-corrected chi connectivity index (χ2v) is 7.95. The number of carbonyl (C=O) groups excluding carboxylic acids is 2. The Hall–Kier alpha value is -1.96. The van der Waals surface area contributed by atoms with Gasteiger partial charge in [0.25, 0.3) is 11.8 Å². The zero-order valence-corrected chi connectivity index (χ0v) is 17.9. The van der Waals surface area contributed by atoms with Crippen LogP contribution in [-0.2, 0) is 0 Å². The molecule has 2 amide bonds. The summed E-state index contributed by atoms with van der Waals surface area (Å²) in [5, 5.41) is 22.5. The third kappa shape index (κ3) is 7.10. The molecule has 2 unspecified atom stereocenters. The molecule has 0 radical (unpaired) electrons. The highest BCUT2D eigenvalue weighted by molar-refractivity contribution is 6.00. The number of aryl methyl sites for hydroxylation is 1. The number of nitrogens with zero attached hydrogens (tertiary/aromatic N) is 2. The van der Waals surface area contributed by atoms with Gasteiger partial charge in [0.2, 0.25) is 0 Å². The van der Waals surface area contributed by atoms with Crippen molar-refractivity contribution in [2.75, 3.05) is 39.3 Å². The summed E-state index contributed by atoms with van der Waals surface area (Å²) in [4.78, 5) is 29.3. The Morgan fingerprint density at radius 1 is 1.21 bits per heavy atom. The van der Waals surface area contributed by atoms with Crippen LogP contribution in [0.3, 0.4) is 0 Å². The molecule has 0 aliphatic carbocycles. The average Bonchev–Trinajstić information content (AvgIpc) is 3.09. The second kappa shape index (κ2) is 11.3. The number of aliphatic hydroxyl groups excluding tert-OH is 2. The maximum absolute atomic E-state index is 12.9. The van der Waals surface area contributed by atoms with E-state index in [1.807, 2.05) is 36.6 Å². The first-order valence-electron chi connectivity index (χ1n) is 10.6. The predicted octanol–water partition coefficient (Wildman–Crippen LogP) is 1.41. The van der Waals surface area contributed by atoms with Gasteiger partial charge in [0, 0.05) is 50.4 Å². The van der Waals surface area contributed by atoms with Gasteiger partial charge in [-0.1, -0.05) is 13.8 Å². The molecule has 1 aromatic rings.